The van der Waals surface area contributed by atoms with Crippen LogP contribution in [0.1, 0.15) is 44.4 Å². The molecule has 0 fully saturated rings. The van der Waals surface area contributed by atoms with Crippen molar-refractivity contribution in [2.45, 2.75) is 90.0 Å². The van der Waals surface area contributed by atoms with Crippen molar-refractivity contribution < 1.29 is 8.85 Å². The van der Waals surface area contributed by atoms with Gasteiger partial charge in [-0.1, -0.05) is 80.9 Å². The number of nitrogens with zero attached hydrogens (tertiary/aromatic N) is 1. The van der Waals surface area contributed by atoms with E-state index >= 15 is 0 Å². The highest BCUT2D eigenvalue weighted by Crippen LogP contribution is 2.43. The molecular formula is C27H41NO2Si2. The van der Waals surface area contributed by atoms with Gasteiger partial charge < -0.3 is 8.85 Å². The Kier molecular flexibility index (Phi) is 8.00. The Morgan fingerprint density at radius 3 is 1.88 bits per heavy atom. The van der Waals surface area contributed by atoms with Crippen LogP contribution in [0.25, 0.3) is 0 Å². The Bertz CT molecular complexity index is 939. The monoisotopic (exact) mass is 467 g/mol. The molecule has 2 aromatic carbocycles. The van der Waals surface area contributed by atoms with Gasteiger partial charge in [0.25, 0.3) is 0 Å². The molecule has 2 rings (SSSR count). The first-order valence-electron chi connectivity index (χ1n) is 11.5. The van der Waals surface area contributed by atoms with Gasteiger partial charge >= 0.3 is 0 Å². The predicted molar refractivity (Wildman–Crippen MR) is 140 cm³/mol. The van der Waals surface area contributed by atoms with Crippen molar-refractivity contribution in [3.05, 3.63) is 71.3 Å². The predicted octanol–water partition coefficient (Wildman–Crippen LogP) is 7.44. The minimum absolute atomic E-state index is 0.0658. The maximum atomic E-state index is 10.9. The van der Waals surface area contributed by atoms with Crippen LogP contribution in [0, 0.1) is 18.3 Å². The summed E-state index contributed by atoms with van der Waals surface area (Å²) < 4.78 is 13.8. The molecule has 0 aromatic heterocycles. The number of hydrogen-bond donors (Lipinski definition) is 0. The van der Waals surface area contributed by atoms with Gasteiger partial charge in [0.1, 0.15) is 5.41 Å². The molecule has 0 spiro atoms. The minimum atomic E-state index is -2.08. The number of nitriles is 1. The molecule has 3 atom stereocenters. The molecule has 0 heterocycles. The second kappa shape index (κ2) is 9.64. The van der Waals surface area contributed by atoms with E-state index in [1.54, 1.807) is 0 Å². The minimum Gasteiger partial charge on any atom is -0.412 e. The summed E-state index contributed by atoms with van der Waals surface area (Å²) in [7, 11) is -4.11. The molecule has 0 N–H and O–H groups in total. The van der Waals surface area contributed by atoms with Crippen molar-refractivity contribution in [3.8, 4) is 6.07 Å². The molecule has 0 amide bonds. The number of benzene rings is 2. The lowest BCUT2D eigenvalue weighted by atomic mass is 9.70. The standard InChI is InChI=1S/C27H41NO2Si2/c1-21-15-14-18-24(19-21)27(20-28,23-16-12-11-13-17-23)25(30-31(6,7)8)22(2)29-32(9,10)26(3,4)5/h11-19,22,25H,1-10H3/t22-,25+,27+/m0/s1. The van der Waals surface area contributed by atoms with E-state index in [-0.39, 0.29) is 11.1 Å². The van der Waals surface area contributed by atoms with Crippen LogP contribution in [0.5, 0.6) is 0 Å². The lowest BCUT2D eigenvalue weighted by Crippen LogP contribution is -2.56. The molecule has 0 radical (unpaired) electrons. The van der Waals surface area contributed by atoms with Crippen LogP contribution in [0.4, 0.5) is 0 Å². The van der Waals surface area contributed by atoms with Crippen molar-refractivity contribution in [2.75, 3.05) is 0 Å². The highest BCUT2D eigenvalue weighted by molar-refractivity contribution is 6.74. The summed E-state index contributed by atoms with van der Waals surface area (Å²) in [5, 5.41) is 11.0. The molecule has 0 aliphatic rings. The molecule has 0 unspecified atom stereocenters. The number of rotatable bonds is 8. The van der Waals surface area contributed by atoms with E-state index in [9.17, 15) is 5.26 Å². The fourth-order valence-electron chi connectivity index (χ4n) is 3.90. The van der Waals surface area contributed by atoms with Crippen LogP contribution >= 0.6 is 0 Å². The van der Waals surface area contributed by atoms with Crippen molar-refractivity contribution in [1.29, 1.82) is 5.26 Å². The zero-order valence-corrected chi connectivity index (χ0v) is 23.6. The van der Waals surface area contributed by atoms with E-state index in [4.69, 9.17) is 8.85 Å². The van der Waals surface area contributed by atoms with Gasteiger partial charge in [-0.15, -0.1) is 0 Å². The van der Waals surface area contributed by atoms with Crippen molar-refractivity contribution in [2.24, 2.45) is 0 Å². The molecule has 0 saturated carbocycles. The Morgan fingerprint density at radius 2 is 1.41 bits per heavy atom. The van der Waals surface area contributed by atoms with Crippen LogP contribution in [-0.4, -0.2) is 28.8 Å². The van der Waals surface area contributed by atoms with E-state index in [1.807, 2.05) is 36.4 Å². The van der Waals surface area contributed by atoms with E-state index in [0.29, 0.717) is 0 Å². The Morgan fingerprint density at radius 1 is 0.844 bits per heavy atom. The largest absolute Gasteiger partial charge is 0.412 e. The number of hydrogen-bond acceptors (Lipinski definition) is 3. The summed E-state index contributed by atoms with van der Waals surface area (Å²) in [6, 6.07) is 21.1. The van der Waals surface area contributed by atoms with Crippen LogP contribution in [0.15, 0.2) is 54.6 Å². The smallest absolute Gasteiger partial charge is 0.192 e. The third kappa shape index (κ3) is 5.79. The van der Waals surface area contributed by atoms with Gasteiger partial charge in [-0.25, -0.2) is 0 Å². The summed E-state index contributed by atoms with van der Waals surface area (Å²) in [5.74, 6) is 0. The maximum Gasteiger partial charge on any atom is 0.192 e. The fraction of sp³-hybridized carbons (Fsp3) is 0.519. The van der Waals surface area contributed by atoms with Gasteiger partial charge in [0, 0.05) is 0 Å². The lowest BCUT2D eigenvalue weighted by molar-refractivity contribution is 0.0239. The zero-order chi connectivity index (χ0) is 24.4. The van der Waals surface area contributed by atoms with E-state index in [1.165, 1.54) is 0 Å². The van der Waals surface area contributed by atoms with E-state index in [0.717, 1.165) is 16.7 Å². The van der Waals surface area contributed by atoms with Crippen molar-refractivity contribution >= 4 is 16.6 Å². The average Bonchev–Trinajstić information content (AvgIpc) is 2.67. The van der Waals surface area contributed by atoms with E-state index in [2.05, 4.69) is 91.6 Å². The summed E-state index contributed by atoms with van der Waals surface area (Å²) in [6.45, 7) is 22.0. The van der Waals surface area contributed by atoms with Crippen LogP contribution < -0.4 is 0 Å². The first kappa shape index (κ1) is 26.5. The molecule has 0 aliphatic carbocycles. The lowest BCUT2D eigenvalue weighted by Gasteiger charge is -2.46. The summed E-state index contributed by atoms with van der Waals surface area (Å²) in [4.78, 5) is 0. The topological polar surface area (TPSA) is 42.2 Å². The number of aryl methyl sites for hydroxylation is 1. The van der Waals surface area contributed by atoms with Crippen LogP contribution in [-0.2, 0) is 14.3 Å². The Hall–Kier alpha value is -1.72. The Labute approximate surface area is 198 Å². The molecule has 0 bridgehead atoms. The third-order valence-corrected chi connectivity index (χ3v) is 12.0. The Balaban J connectivity index is 2.77. The zero-order valence-electron chi connectivity index (χ0n) is 21.6. The van der Waals surface area contributed by atoms with Gasteiger partial charge in [-0.2, -0.15) is 5.26 Å². The van der Waals surface area contributed by atoms with Gasteiger partial charge in [0.05, 0.1) is 18.3 Å². The quantitative estimate of drug-likeness (QED) is 0.379. The molecule has 0 saturated heterocycles. The normalized spacial score (nSPS) is 16.7. The second-order valence-corrected chi connectivity index (χ2v) is 20.6. The third-order valence-electron chi connectivity index (χ3n) is 6.50. The summed E-state index contributed by atoms with van der Waals surface area (Å²) >= 11 is 0. The highest BCUT2D eigenvalue weighted by Gasteiger charge is 2.50. The van der Waals surface area contributed by atoms with Crippen molar-refractivity contribution in [1.82, 2.24) is 0 Å². The van der Waals surface area contributed by atoms with E-state index < -0.39 is 28.2 Å². The maximum absolute atomic E-state index is 10.9. The van der Waals surface area contributed by atoms with Gasteiger partial charge in [-0.3, -0.25) is 0 Å². The van der Waals surface area contributed by atoms with Crippen LogP contribution in [0.3, 0.4) is 0 Å². The molecule has 174 valence electrons. The summed E-state index contributed by atoms with van der Waals surface area (Å²) in [5.41, 5.74) is 2.06. The molecular weight excluding hydrogens is 426 g/mol. The van der Waals surface area contributed by atoms with Crippen LogP contribution in [0.2, 0.25) is 37.8 Å². The highest BCUT2D eigenvalue weighted by atomic mass is 28.4. The van der Waals surface area contributed by atoms with Gasteiger partial charge in [0.2, 0.25) is 0 Å². The molecule has 5 heteroatoms. The first-order chi connectivity index (χ1) is 14.6. The molecule has 2 aromatic rings. The fourth-order valence-corrected chi connectivity index (χ4v) is 6.44. The summed E-state index contributed by atoms with van der Waals surface area (Å²) in [6.07, 6.45) is -0.680. The second-order valence-electron chi connectivity index (χ2n) is 11.4. The first-order valence-corrected chi connectivity index (χ1v) is 17.9. The molecule has 0 aliphatic heterocycles. The SMILES string of the molecule is Cc1cccc([C@@](C#N)(c2ccccc2)[C@H](O[Si](C)(C)C)[C@H](C)O[Si](C)(C)C(C)(C)C)c1. The van der Waals surface area contributed by atoms with Gasteiger partial charge in [0.15, 0.2) is 16.6 Å². The van der Waals surface area contributed by atoms with Gasteiger partial charge in [-0.05, 0) is 62.7 Å². The molecule has 32 heavy (non-hydrogen) atoms. The van der Waals surface area contributed by atoms with Crippen molar-refractivity contribution in [3.63, 3.8) is 0 Å². The average molecular weight is 468 g/mol. The molecule has 3 nitrogen and oxygen atoms in total.